The molecule has 2 aromatic carbocycles. The second-order valence-corrected chi connectivity index (χ2v) is 5.19. The van der Waals surface area contributed by atoms with Gasteiger partial charge in [0.1, 0.15) is 5.82 Å². The maximum absolute atomic E-state index is 13.7. The van der Waals surface area contributed by atoms with Gasteiger partial charge in [0.05, 0.1) is 11.3 Å². The summed E-state index contributed by atoms with van der Waals surface area (Å²) in [6.07, 6.45) is 0. The molecule has 0 saturated heterocycles. The lowest BCUT2D eigenvalue weighted by molar-refractivity contribution is 0.627. The van der Waals surface area contributed by atoms with Gasteiger partial charge in [-0.25, -0.2) is 4.39 Å². The molecule has 4 heteroatoms. The van der Waals surface area contributed by atoms with Gasteiger partial charge < -0.3 is 5.73 Å². The number of rotatable bonds is 2. The molecule has 0 aliphatic rings. The van der Waals surface area contributed by atoms with Gasteiger partial charge in [-0.05, 0) is 48.7 Å². The van der Waals surface area contributed by atoms with E-state index in [9.17, 15) is 4.39 Å². The third kappa shape index (κ3) is 2.40. The lowest BCUT2D eigenvalue weighted by atomic mass is 9.96. The molecule has 3 nitrogen and oxygen atoms in total. The summed E-state index contributed by atoms with van der Waals surface area (Å²) < 4.78 is 13.7. The number of nitrogens with two attached hydrogens (primary N) is 1. The molecule has 1 heterocycles. The minimum Gasteiger partial charge on any atom is -0.382 e. The Morgan fingerprint density at radius 1 is 1.10 bits per heavy atom. The molecule has 0 aliphatic carbocycles. The summed E-state index contributed by atoms with van der Waals surface area (Å²) in [6.45, 7) is 3.88. The third-order valence-corrected chi connectivity index (χ3v) is 3.54. The van der Waals surface area contributed by atoms with E-state index in [2.05, 4.69) is 10.2 Å². The summed E-state index contributed by atoms with van der Waals surface area (Å²) >= 11 is 0. The molecule has 3 rings (SSSR count). The predicted molar refractivity (Wildman–Crippen MR) is 83.3 cm³/mol. The second-order valence-electron chi connectivity index (χ2n) is 5.19. The fraction of sp³-hybridized carbons (Fsp3) is 0.118. The SMILES string of the molecule is Cc1cc(F)cc(-c2[nH]nc(N)c2-c2ccccc2C)c1. The molecule has 0 bridgehead atoms. The number of halogens is 1. The van der Waals surface area contributed by atoms with Crippen LogP contribution in [0.1, 0.15) is 11.1 Å². The highest BCUT2D eigenvalue weighted by Crippen LogP contribution is 2.36. The molecule has 0 atom stereocenters. The van der Waals surface area contributed by atoms with Gasteiger partial charge in [0, 0.05) is 5.56 Å². The Hall–Kier alpha value is -2.62. The first-order valence-electron chi connectivity index (χ1n) is 6.73. The fourth-order valence-corrected chi connectivity index (χ4v) is 2.57. The number of H-pyrrole nitrogens is 1. The van der Waals surface area contributed by atoms with Crippen molar-refractivity contribution in [3.8, 4) is 22.4 Å². The van der Waals surface area contributed by atoms with Crippen LogP contribution in [0.2, 0.25) is 0 Å². The number of aromatic nitrogens is 2. The zero-order valence-corrected chi connectivity index (χ0v) is 11.9. The molecule has 3 N–H and O–H groups in total. The van der Waals surface area contributed by atoms with E-state index < -0.39 is 0 Å². The van der Waals surface area contributed by atoms with Gasteiger partial charge >= 0.3 is 0 Å². The van der Waals surface area contributed by atoms with E-state index in [1.807, 2.05) is 44.2 Å². The topological polar surface area (TPSA) is 54.7 Å². The molecule has 0 saturated carbocycles. The third-order valence-electron chi connectivity index (χ3n) is 3.54. The lowest BCUT2D eigenvalue weighted by Crippen LogP contribution is -1.91. The van der Waals surface area contributed by atoms with Gasteiger partial charge in [0.25, 0.3) is 0 Å². The molecule has 1 aromatic heterocycles. The highest BCUT2D eigenvalue weighted by Gasteiger charge is 2.16. The van der Waals surface area contributed by atoms with Crippen LogP contribution in [-0.4, -0.2) is 10.2 Å². The molecule has 0 spiro atoms. The van der Waals surface area contributed by atoms with Gasteiger partial charge in [-0.15, -0.1) is 0 Å². The van der Waals surface area contributed by atoms with Crippen molar-refractivity contribution in [3.05, 3.63) is 59.4 Å². The number of nitrogen functional groups attached to an aromatic ring is 1. The van der Waals surface area contributed by atoms with Gasteiger partial charge in [-0.2, -0.15) is 5.10 Å². The number of benzene rings is 2. The lowest BCUT2D eigenvalue weighted by Gasteiger charge is -2.08. The molecule has 0 radical (unpaired) electrons. The zero-order chi connectivity index (χ0) is 15.0. The molecule has 0 amide bonds. The van der Waals surface area contributed by atoms with E-state index in [1.165, 1.54) is 12.1 Å². The van der Waals surface area contributed by atoms with E-state index in [1.54, 1.807) is 0 Å². The van der Waals surface area contributed by atoms with Crippen LogP contribution >= 0.6 is 0 Å². The van der Waals surface area contributed by atoms with Gasteiger partial charge in [0.15, 0.2) is 5.82 Å². The number of nitrogens with zero attached hydrogens (tertiary/aromatic N) is 1. The largest absolute Gasteiger partial charge is 0.382 e. The highest BCUT2D eigenvalue weighted by atomic mass is 19.1. The maximum Gasteiger partial charge on any atom is 0.153 e. The van der Waals surface area contributed by atoms with E-state index in [0.717, 1.165) is 33.5 Å². The van der Waals surface area contributed by atoms with Gasteiger partial charge in [0.2, 0.25) is 0 Å². The molecular weight excluding hydrogens is 265 g/mol. The summed E-state index contributed by atoms with van der Waals surface area (Å²) in [5.41, 5.74) is 11.3. The number of aromatic amines is 1. The fourth-order valence-electron chi connectivity index (χ4n) is 2.57. The monoisotopic (exact) mass is 281 g/mol. The Labute approximate surface area is 122 Å². The summed E-state index contributed by atoms with van der Waals surface area (Å²) in [5, 5.41) is 7.03. The van der Waals surface area contributed by atoms with Crippen molar-refractivity contribution in [2.24, 2.45) is 0 Å². The van der Waals surface area contributed by atoms with Crippen molar-refractivity contribution < 1.29 is 4.39 Å². The Bertz CT molecular complexity index is 785. The first kappa shape index (κ1) is 13.4. The minimum atomic E-state index is -0.270. The molecule has 0 aliphatic heterocycles. The number of hydrogen-bond acceptors (Lipinski definition) is 2. The van der Waals surface area contributed by atoms with Crippen molar-refractivity contribution in [2.45, 2.75) is 13.8 Å². The number of aryl methyl sites for hydroxylation is 2. The summed E-state index contributed by atoms with van der Waals surface area (Å²) in [5.74, 6) is 0.148. The van der Waals surface area contributed by atoms with Crippen LogP contribution in [-0.2, 0) is 0 Å². The average molecular weight is 281 g/mol. The van der Waals surface area contributed by atoms with Crippen LogP contribution in [0.3, 0.4) is 0 Å². The first-order valence-corrected chi connectivity index (χ1v) is 6.73. The molecular formula is C17H16FN3. The highest BCUT2D eigenvalue weighted by molar-refractivity contribution is 5.89. The quantitative estimate of drug-likeness (QED) is 0.743. The summed E-state index contributed by atoms with van der Waals surface area (Å²) in [6, 6.07) is 12.8. The van der Waals surface area contributed by atoms with Crippen molar-refractivity contribution in [3.63, 3.8) is 0 Å². The van der Waals surface area contributed by atoms with E-state index in [4.69, 9.17) is 5.73 Å². The predicted octanol–water partition coefficient (Wildman–Crippen LogP) is 4.08. The second kappa shape index (κ2) is 5.05. The number of nitrogens with one attached hydrogen (secondary N) is 1. The minimum absolute atomic E-state index is 0.270. The molecule has 106 valence electrons. The van der Waals surface area contributed by atoms with Gasteiger partial charge in [-0.1, -0.05) is 24.3 Å². The van der Waals surface area contributed by atoms with Crippen molar-refractivity contribution in [2.75, 3.05) is 5.73 Å². The molecule has 3 aromatic rings. The Morgan fingerprint density at radius 3 is 2.57 bits per heavy atom. The van der Waals surface area contributed by atoms with Crippen LogP contribution in [0.5, 0.6) is 0 Å². The van der Waals surface area contributed by atoms with Crippen molar-refractivity contribution in [1.29, 1.82) is 0 Å². The average Bonchev–Trinajstić information content (AvgIpc) is 2.80. The van der Waals surface area contributed by atoms with Crippen LogP contribution in [0.25, 0.3) is 22.4 Å². The van der Waals surface area contributed by atoms with E-state index in [0.29, 0.717) is 5.82 Å². The zero-order valence-electron chi connectivity index (χ0n) is 11.9. The summed E-state index contributed by atoms with van der Waals surface area (Å²) in [7, 11) is 0. The van der Waals surface area contributed by atoms with Gasteiger partial charge in [-0.3, -0.25) is 5.10 Å². The summed E-state index contributed by atoms with van der Waals surface area (Å²) in [4.78, 5) is 0. The van der Waals surface area contributed by atoms with Crippen LogP contribution in [0, 0.1) is 19.7 Å². The standard InChI is InChI=1S/C17H16FN3/c1-10-7-12(9-13(18)8-10)16-15(17(19)21-20-16)14-6-4-3-5-11(14)2/h3-9H,1-2H3,(H3,19,20,21). The Kier molecular flexibility index (Phi) is 3.22. The molecule has 21 heavy (non-hydrogen) atoms. The van der Waals surface area contributed by atoms with E-state index in [-0.39, 0.29) is 5.82 Å². The Morgan fingerprint density at radius 2 is 1.86 bits per heavy atom. The number of anilines is 1. The number of hydrogen-bond donors (Lipinski definition) is 2. The van der Waals surface area contributed by atoms with Crippen molar-refractivity contribution >= 4 is 5.82 Å². The maximum atomic E-state index is 13.7. The molecule has 0 unspecified atom stereocenters. The van der Waals surface area contributed by atoms with E-state index >= 15 is 0 Å². The smallest absolute Gasteiger partial charge is 0.153 e. The first-order chi connectivity index (χ1) is 10.1. The van der Waals surface area contributed by atoms with Crippen LogP contribution in [0.4, 0.5) is 10.2 Å². The van der Waals surface area contributed by atoms with Crippen LogP contribution < -0.4 is 5.73 Å². The molecule has 0 fully saturated rings. The Balaban J connectivity index is 2.24. The van der Waals surface area contributed by atoms with Crippen molar-refractivity contribution in [1.82, 2.24) is 10.2 Å². The normalized spacial score (nSPS) is 10.8. The van der Waals surface area contributed by atoms with Crippen LogP contribution in [0.15, 0.2) is 42.5 Å².